The van der Waals surface area contributed by atoms with E-state index >= 15 is 0 Å². The molecule has 1 unspecified atom stereocenters. The van der Waals surface area contributed by atoms with E-state index in [-0.39, 0.29) is 6.04 Å². The van der Waals surface area contributed by atoms with Gasteiger partial charge in [0.15, 0.2) is 0 Å². The van der Waals surface area contributed by atoms with Gasteiger partial charge in [-0.2, -0.15) is 0 Å². The summed E-state index contributed by atoms with van der Waals surface area (Å²) in [5, 5.41) is 4.85. The second-order valence-corrected chi connectivity index (χ2v) is 6.48. The molecular weight excluding hydrogens is 303 g/mol. The summed E-state index contributed by atoms with van der Waals surface area (Å²) in [6.45, 7) is 3.14. The van der Waals surface area contributed by atoms with Gasteiger partial charge in [-0.3, -0.25) is 4.98 Å². The van der Waals surface area contributed by atoms with Gasteiger partial charge in [-0.1, -0.05) is 54.6 Å². The minimum Gasteiger partial charge on any atom is -0.305 e. The summed E-state index contributed by atoms with van der Waals surface area (Å²) in [5.41, 5.74) is 2.33. The number of allylic oxidation sites excluding steroid dienone is 1. The molecule has 1 heterocycles. The van der Waals surface area contributed by atoms with Crippen LogP contribution >= 0.6 is 23.2 Å². The first-order valence-electron chi connectivity index (χ1n) is 7.95. The van der Waals surface area contributed by atoms with Gasteiger partial charge in [0.05, 0.1) is 21.8 Å². The van der Waals surface area contributed by atoms with Crippen molar-refractivity contribution < 1.29 is 0 Å². The Morgan fingerprint density at radius 3 is 2.81 bits per heavy atom. The van der Waals surface area contributed by atoms with E-state index in [9.17, 15) is 0 Å². The summed E-state index contributed by atoms with van der Waals surface area (Å²) in [7, 11) is 0. The molecular formula is C17H24Cl2N2. The molecule has 4 heteroatoms. The van der Waals surface area contributed by atoms with Crippen LogP contribution < -0.4 is 5.32 Å². The van der Waals surface area contributed by atoms with Crippen molar-refractivity contribution in [3.8, 4) is 0 Å². The lowest BCUT2D eigenvalue weighted by atomic mass is 9.93. The number of hydrogen-bond acceptors (Lipinski definition) is 2. The van der Waals surface area contributed by atoms with Crippen molar-refractivity contribution in [2.24, 2.45) is 0 Å². The van der Waals surface area contributed by atoms with Gasteiger partial charge in [0.1, 0.15) is 0 Å². The lowest BCUT2D eigenvalue weighted by Crippen LogP contribution is -2.25. The monoisotopic (exact) mass is 326 g/mol. The zero-order chi connectivity index (χ0) is 15.1. The molecule has 1 aromatic heterocycles. The number of pyridine rings is 1. The molecule has 0 saturated heterocycles. The van der Waals surface area contributed by atoms with E-state index in [2.05, 4.69) is 23.3 Å². The van der Waals surface area contributed by atoms with Crippen LogP contribution in [0, 0.1) is 0 Å². The third-order valence-corrected chi connectivity index (χ3v) is 4.41. The SMILES string of the molecule is CCCNC(C1=CCCCCCC1)c1ncc(Cl)cc1Cl. The standard InChI is InChI=1S/C17H24Cl2N2/c1-2-10-20-16(13-8-6-4-3-5-7-9-13)17-15(19)11-14(18)12-21-17/h8,11-12,16,20H,2-7,9-10H2,1H3. The minimum atomic E-state index is 0.118. The maximum atomic E-state index is 6.38. The van der Waals surface area contributed by atoms with E-state index in [1.165, 1.54) is 31.3 Å². The van der Waals surface area contributed by atoms with Gasteiger partial charge in [-0.15, -0.1) is 0 Å². The van der Waals surface area contributed by atoms with Crippen LogP contribution in [0.15, 0.2) is 23.9 Å². The van der Waals surface area contributed by atoms with E-state index in [0.29, 0.717) is 10.0 Å². The highest BCUT2D eigenvalue weighted by Gasteiger charge is 2.20. The van der Waals surface area contributed by atoms with Crippen molar-refractivity contribution in [3.63, 3.8) is 0 Å². The van der Waals surface area contributed by atoms with Crippen molar-refractivity contribution in [2.45, 2.75) is 57.9 Å². The van der Waals surface area contributed by atoms with Crippen molar-refractivity contribution in [3.05, 3.63) is 39.7 Å². The number of nitrogens with zero attached hydrogens (tertiary/aromatic N) is 1. The molecule has 2 nitrogen and oxygen atoms in total. The predicted octanol–water partition coefficient (Wildman–Crippen LogP) is 5.71. The van der Waals surface area contributed by atoms with Gasteiger partial charge >= 0.3 is 0 Å². The van der Waals surface area contributed by atoms with E-state index in [0.717, 1.165) is 31.5 Å². The lowest BCUT2D eigenvalue weighted by Gasteiger charge is -2.24. The maximum absolute atomic E-state index is 6.38. The Kier molecular flexibility index (Phi) is 7.01. The molecule has 0 bridgehead atoms. The minimum absolute atomic E-state index is 0.118. The summed E-state index contributed by atoms with van der Waals surface area (Å²) >= 11 is 12.4. The molecule has 1 aliphatic rings. The molecule has 2 rings (SSSR count). The largest absolute Gasteiger partial charge is 0.305 e. The fourth-order valence-corrected chi connectivity index (χ4v) is 3.30. The van der Waals surface area contributed by atoms with E-state index in [1.54, 1.807) is 12.3 Å². The summed E-state index contributed by atoms with van der Waals surface area (Å²) in [6, 6.07) is 1.91. The first-order chi connectivity index (χ1) is 10.2. The van der Waals surface area contributed by atoms with E-state index in [1.807, 2.05) is 0 Å². The molecule has 1 aromatic rings. The maximum Gasteiger partial charge on any atom is 0.0802 e. The normalized spacial score (nSPS) is 17.8. The van der Waals surface area contributed by atoms with Crippen LogP contribution in [-0.2, 0) is 0 Å². The Balaban J connectivity index is 2.27. The highest BCUT2D eigenvalue weighted by Crippen LogP contribution is 2.32. The molecule has 1 atom stereocenters. The van der Waals surface area contributed by atoms with Crippen molar-refractivity contribution in [2.75, 3.05) is 6.54 Å². The van der Waals surface area contributed by atoms with Crippen molar-refractivity contribution in [1.29, 1.82) is 0 Å². The third kappa shape index (κ3) is 4.98. The molecule has 116 valence electrons. The number of nitrogens with one attached hydrogen (secondary N) is 1. The Bertz CT molecular complexity index is 486. The Morgan fingerprint density at radius 1 is 1.24 bits per heavy atom. The Morgan fingerprint density at radius 2 is 2.05 bits per heavy atom. The molecule has 0 saturated carbocycles. The summed E-state index contributed by atoms with van der Waals surface area (Å²) < 4.78 is 0. The number of halogens is 2. The fraction of sp³-hybridized carbons (Fsp3) is 0.588. The number of rotatable bonds is 5. The second-order valence-electron chi connectivity index (χ2n) is 5.64. The second kappa shape index (κ2) is 8.77. The first kappa shape index (κ1) is 16.8. The zero-order valence-corrected chi connectivity index (χ0v) is 14.2. The molecule has 21 heavy (non-hydrogen) atoms. The van der Waals surface area contributed by atoms with Gasteiger partial charge < -0.3 is 5.32 Å². The van der Waals surface area contributed by atoms with Gasteiger partial charge in [0.2, 0.25) is 0 Å². The van der Waals surface area contributed by atoms with Crippen LogP contribution in [0.4, 0.5) is 0 Å². The van der Waals surface area contributed by atoms with Crippen LogP contribution in [0.3, 0.4) is 0 Å². The predicted molar refractivity (Wildman–Crippen MR) is 91.1 cm³/mol. The average molecular weight is 327 g/mol. The smallest absolute Gasteiger partial charge is 0.0802 e. The first-order valence-corrected chi connectivity index (χ1v) is 8.71. The van der Waals surface area contributed by atoms with Crippen LogP contribution in [0.25, 0.3) is 0 Å². The summed E-state index contributed by atoms with van der Waals surface area (Å²) in [5.74, 6) is 0. The molecule has 0 amide bonds. The van der Waals surface area contributed by atoms with Gasteiger partial charge in [0, 0.05) is 6.20 Å². The van der Waals surface area contributed by atoms with Crippen LogP contribution in [0.1, 0.15) is 63.6 Å². The molecule has 1 aliphatic carbocycles. The Hall–Kier alpha value is -0.570. The fourth-order valence-electron chi connectivity index (χ4n) is 2.81. The lowest BCUT2D eigenvalue weighted by molar-refractivity contribution is 0.533. The van der Waals surface area contributed by atoms with Crippen molar-refractivity contribution >= 4 is 23.2 Å². The molecule has 0 aliphatic heterocycles. The van der Waals surface area contributed by atoms with Gasteiger partial charge in [-0.05, 0) is 44.7 Å². The molecule has 0 aromatic carbocycles. The van der Waals surface area contributed by atoms with Gasteiger partial charge in [0.25, 0.3) is 0 Å². The summed E-state index contributed by atoms with van der Waals surface area (Å²) in [6.07, 6.45) is 12.7. The molecule has 0 radical (unpaired) electrons. The van der Waals surface area contributed by atoms with Crippen LogP contribution in [0.2, 0.25) is 10.0 Å². The average Bonchev–Trinajstić information content (AvgIpc) is 2.42. The zero-order valence-electron chi connectivity index (χ0n) is 12.7. The number of hydrogen-bond donors (Lipinski definition) is 1. The van der Waals surface area contributed by atoms with Crippen LogP contribution in [-0.4, -0.2) is 11.5 Å². The van der Waals surface area contributed by atoms with Gasteiger partial charge in [-0.25, -0.2) is 0 Å². The summed E-state index contributed by atoms with van der Waals surface area (Å²) in [4.78, 5) is 4.49. The Labute approximate surface area is 137 Å². The van der Waals surface area contributed by atoms with Crippen molar-refractivity contribution in [1.82, 2.24) is 10.3 Å². The molecule has 0 fully saturated rings. The van der Waals surface area contributed by atoms with Crippen LogP contribution in [0.5, 0.6) is 0 Å². The number of aromatic nitrogens is 1. The molecule has 1 N–H and O–H groups in total. The molecule has 0 spiro atoms. The van der Waals surface area contributed by atoms with E-state index < -0.39 is 0 Å². The topological polar surface area (TPSA) is 24.9 Å². The van der Waals surface area contributed by atoms with E-state index in [4.69, 9.17) is 23.2 Å². The quantitative estimate of drug-likeness (QED) is 0.701. The highest BCUT2D eigenvalue weighted by molar-refractivity contribution is 6.34. The third-order valence-electron chi connectivity index (χ3n) is 3.91. The highest BCUT2D eigenvalue weighted by atomic mass is 35.5.